The lowest BCUT2D eigenvalue weighted by atomic mass is 9.99. The summed E-state index contributed by atoms with van der Waals surface area (Å²) in [5.74, 6) is 0.641. The van der Waals surface area contributed by atoms with Gasteiger partial charge in [-0.15, -0.1) is 0 Å². The summed E-state index contributed by atoms with van der Waals surface area (Å²) in [6, 6.07) is 15.4. The van der Waals surface area contributed by atoms with Crippen molar-refractivity contribution in [1.82, 2.24) is 0 Å². The molecule has 0 heterocycles. The van der Waals surface area contributed by atoms with Crippen molar-refractivity contribution >= 4 is 11.6 Å². The molecule has 104 valence electrons. The van der Waals surface area contributed by atoms with Gasteiger partial charge in [0.05, 0.1) is 5.02 Å². The monoisotopic (exact) mass is 289 g/mol. The number of rotatable bonds is 4. The minimum Gasteiger partial charge on any atom is -0.327 e. The molecule has 1 fully saturated rings. The smallest absolute Gasteiger partial charge is 0.142 e. The predicted octanol–water partition coefficient (Wildman–Crippen LogP) is 4.15. The molecule has 2 N–H and O–H groups in total. The summed E-state index contributed by atoms with van der Waals surface area (Å²) in [7, 11) is 0. The van der Waals surface area contributed by atoms with E-state index in [-0.39, 0.29) is 16.9 Å². The standard InChI is InChI=1S/C17H17ClFN/c18-17-12(7-4-8-15(17)19)9-16(20)14-10-13(14)11-5-2-1-3-6-11/h1-8,13-14,16H,9-10,20H2. The number of nitrogens with two attached hydrogens (primary N) is 1. The molecule has 0 radical (unpaired) electrons. The van der Waals surface area contributed by atoms with Crippen LogP contribution in [0.4, 0.5) is 4.39 Å². The summed E-state index contributed by atoms with van der Waals surface area (Å²) >= 11 is 5.99. The minimum absolute atomic E-state index is 0.0273. The van der Waals surface area contributed by atoms with Gasteiger partial charge in [0, 0.05) is 6.04 Å². The van der Waals surface area contributed by atoms with Crippen LogP contribution in [-0.4, -0.2) is 6.04 Å². The zero-order valence-corrected chi connectivity index (χ0v) is 11.9. The van der Waals surface area contributed by atoms with E-state index in [1.807, 2.05) is 12.1 Å². The Morgan fingerprint density at radius 2 is 1.90 bits per heavy atom. The Morgan fingerprint density at radius 3 is 2.65 bits per heavy atom. The van der Waals surface area contributed by atoms with E-state index in [1.54, 1.807) is 6.07 Å². The van der Waals surface area contributed by atoms with Crippen LogP contribution in [0.3, 0.4) is 0 Å². The number of benzene rings is 2. The molecule has 1 aliphatic rings. The van der Waals surface area contributed by atoms with Crippen LogP contribution in [0.15, 0.2) is 48.5 Å². The maximum atomic E-state index is 13.4. The first kappa shape index (κ1) is 13.6. The number of hydrogen-bond donors (Lipinski definition) is 1. The molecule has 0 saturated heterocycles. The highest BCUT2D eigenvalue weighted by atomic mass is 35.5. The van der Waals surface area contributed by atoms with Crippen LogP contribution in [0, 0.1) is 11.7 Å². The van der Waals surface area contributed by atoms with E-state index in [9.17, 15) is 4.39 Å². The van der Waals surface area contributed by atoms with Gasteiger partial charge in [-0.2, -0.15) is 0 Å². The third-order valence-corrected chi connectivity index (χ3v) is 4.53. The third-order valence-electron chi connectivity index (χ3n) is 4.10. The van der Waals surface area contributed by atoms with Gasteiger partial charge in [0.1, 0.15) is 5.82 Å². The Kier molecular flexibility index (Phi) is 3.77. The molecule has 0 amide bonds. The first-order chi connectivity index (χ1) is 9.66. The highest BCUT2D eigenvalue weighted by Crippen LogP contribution is 2.49. The number of hydrogen-bond acceptors (Lipinski definition) is 1. The fourth-order valence-corrected chi connectivity index (χ4v) is 3.09. The highest BCUT2D eigenvalue weighted by molar-refractivity contribution is 6.31. The van der Waals surface area contributed by atoms with Crippen molar-refractivity contribution < 1.29 is 4.39 Å². The summed E-state index contributed by atoms with van der Waals surface area (Å²) in [5.41, 5.74) is 8.43. The van der Waals surface area contributed by atoms with E-state index < -0.39 is 0 Å². The molecule has 0 aromatic heterocycles. The van der Waals surface area contributed by atoms with E-state index in [0.29, 0.717) is 18.3 Å². The molecule has 1 saturated carbocycles. The van der Waals surface area contributed by atoms with Crippen molar-refractivity contribution in [3.05, 3.63) is 70.5 Å². The van der Waals surface area contributed by atoms with Crippen LogP contribution >= 0.6 is 11.6 Å². The Labute approximate surface area is 123 Å². The first-order valence-corrected chi connectivity index (χ1v) is 7.28. The summed E-state index contributed by atoms with van der Waals surface area (Å²) in [5, 5.41) is 0.208. The average molecular weight is 290 g/mol. The van der Waals surface area contributed by atoms with Gasteiger partial charge < -0.3 is 5.73 Å². The van der Waals surface area contributed by atoms with Crippen molar-refractivity contribution in [1.29, 1.82) is 0 Å². The molecule has 3 atom stereocenters. The van der Waals surface area contributed by atoms with Crippen LogP contribution in [-0.2, 0) is 6.42 Å². The van der Waals surface area contributed by atoms with Crippen molar-refractivity contribution in [3.8, 4) is 0 Å². The van der Waals surface area contributed by atoms with Gasteiger partial charge in [0.2, 0.25) is 0 Å². The fourth-order valence-electron chi connectivity index (χ4n) is 2.88. The molecule has 0 aliphatic heterocycles. The van der Waals surface area contributed by atoms with Gasteiger partial charge in [0.25, 0.3) is 0 Å². The minimum atomic E-state index is -0.369. The Hall–Kier alpha value is -1.38. The van der Waals surface area contributed by atoms with Crippen molar-refractivity contribution in [2.45, 2.75) is 24.8 Å². The fraction of sp³-hybridized carbons (Fsp3) is 0.294. The SMILES string of the molecule is NC(Cc1cccc(F)c1Cl)C1CC1c1ccccc1. The van der Waals surface area contributed by atoms with Gasteiger partial charge in [-0.05, 0) is 41.9 Å². The van der Waals surface area contributed by atoms with Gasteiger partial charge in [-0.3, -0.25) is 0 Å². The van der Waals surface area contributed by atoms with E-state index in [1.165, 1.54) is 11.6 Å². The zero-order chi connectivity index (χ0) is 14.1. The Morgan fingerprint density at radius 1 is 1.15 bits per heavy atom. The van der Waals surface area contributed by atoms with Gasteiger partial charge in [-0.25, -0.2) is 4.39 Å². The molecule has 0 bridgehead atoms. The summed E-state index contributed by atoms with van der Waals surface area (Å²) in [4.78, 5) is 0. The molecule has 3 unspecified atom stereocenters. The molecule has 3 heteroatoms. The van der Waals surface area contributed by atoms with Crippen molar-refractivity contribution in [3.63, 3.8) is 0 Å². The van der Waals surface area contributed by atoms with Crippen LogP contribution in [0.5, 0.6) is 0 Å². The van der Waals surface area contributed by atoms with Crippen LogP contribution in [0.1, 0.15) is 23.5 Å². The molecule has 1 nitrogen and oxygen atoms in total. The van der Waals surface area contributed by atoms with Crippen molar-refractivity contribution in [2.75, 3.05) is 0 Å². The lowest BCUT2D eigenvalue weighted by Crippen LogP contribution is -2.26. The molecule has 1 aliphatic carbocycles. The maximum absolute atomic E-state index is 13.4. The summed E-state index contributed by atoms with van der Waals surface area (Å²) in [6.45, 7) is 0. The highest BCUT2D eigenvalue weighted by Gasteiger charge is 2.42. The second kappa shape index (κ2) is 5.55. The van der Waals surface area contributed by atoms with E-state index >= 15 is 0 Å². The number of halogens is 2. The van der Waals surface area contributed by atoms with Gasteiger partial charge in [0.15, 0.2) is 0 Å². The average Bonchev–Trinajstić information content (AvgIpc) is 3.25. The first-order valence-electron chi connectivity index (χ1n) is 6.90. The second-order valence-electron chi connectivity index (χ2n) is 5.50. The van der Waals surface area contributed by atoms with E-state index in [0.717, 1.165) is 12.0 Å². The van der Waals surface area contributed by atoms with Gasteiger partial charge >= 0.3 is 0 Å². The lowest BCUT2D eigenvalue weighted by Gasteiger charge is -2.13. The van der Waals surface area contributed by atoms with Crippen LogP contribution < -0.4 is 5.73 Å². The molecule has 2 aromatic carbocycles. The normalized spacial score (nSPS) is 22.6. The molecule has 0 spiro atoms. The van der Waals surface area contributed by atoms with Crippen LogP contribution in [0.2, 0.25) is 5.02 Å². The molecule has 20 heavy (non-hydrogen) atoms. The molecule has 3 rings (SSSR count). The Balaban J connectivity index is 1.67. The van der Waals surface area contributed by atoms with Gasteiger partial charge in [-0.1, -0.05) is 54.1 Å². The summed E-state index contributed by atoms with van der Waals surface area (Å²) < 4.78 is 13.4. The maximum Gasteiger partial charge on any atom is 0.142 e. The quantitative estimate of drug-likeness (QED) is 0.899. The zero-order valence-electron chi connectivity index (χ0n) is 11.1. The second-order valence-corrected chi connectivity index (χ2v) is 5.88. The molecular weight excluding hydrogens is 273 g/mol. The van der Waals surface area contributed by atoms with E-state index in [2.05, 4.69) is 24.3 Å². The predicted molar refractivity (Wildman–Crippen MR) is 80.4 cm³/mol. The molecular formula is C17H17ClFN. The topological polar surface area (TPSA) is 26.0 Å². The third kappa shape index (κ3) is 2.72. The largest absolute Gasteiger partial charge is 0.327 e. The van der Waals surface area contributed by atoms with Crippen LogP contribution in [0.25, 0.3) is 0 Å². The summed E-state index contributed by atoms with van der Waals surface area (Å²) in [6.07, 6.45) is 1.74. The molecule has 2 aromatic rings. The van der Waals surface area contributed by atoms with Crippen molar-refractivity contribution in [2.24, 2.45) is 11.7 Å². The lowest BCUT2D eigenvalue weighted by molar-refractivity contribution is 0.572. The van der Waals surface area contributed by atoms with E-state index in [4.69, 9.17) is 17.3 Å². The Bertz CT molecular complexity index is 599.